The van der Waals surface area contributed by atoms with Gasteiger partial charge < -0.3 is 9.47 Å². The fourth-order valence-corrected chi connectivity index (χ4v) is 1.62. The van der Waals surface area contributed by atoms with Gasteiger partial charge in [0.1, 0.15) is 6.61 Å². The van der Waals surface area contributed by atoms with Crippen molar-refractivity contribution in [1.29, 1.82) is 5.26 Å². The van der Waals surface area contributed by atoms with Crippen LogP contribution in [0.15, 0.2) is 29.3 Å². The topological polar surface area (TPSA) is 42.2 Å². The summed E-state index contributed by atoms with van der Waals surface area (Å²) in [5.74, 6) is 1.11. The number of methoxy groups -OCH3 is 1. The van der Waals surface area contributed by atoms with Crippen molar-refractivity contribution in [3.05, 3.63) is 34.8 Å². The summed E-state index contributed by atoms with van der Waals surface area (Å²) in [5.41, 5.74) is 0.518. The van der Waals surface area contributed by atoms with Crippen molar-refractivity contribution in [2.75, 3.05) is 13.7 Å². The fourth-order valence-electron chi connectivity index (χ4n) is 1.07. The Bertz CT molecular complexity index is 410. The molecule has 0 atom stereocenters. The van der Waals surface area contributed by atoms with E-state index in [1.54, 1.807) is 18.2 Å². The third-order valence-electron chi connectivity index (χ3n) is 1.70. The standard InChI is InChI=1S/C11H10BrNO2/c1-3-4-15-11-9(12)5-8(7-13)6-10(11)14-2/h3,5-6H,1,4H2,2H3. The average molecular weight is 268 g/mol. The van der Waals surface area contributed by atoms with Gasteiger partial charge in [-0.25, -0.2) is 0 Å². The lowest BCUT2D eigenvalue weighted by Crippen LogP contribution is -1.97. The van der Waals surface area contributed by atoms with Crippen molar-refractivity contribution in [2.24, 2.45) is 0 Å². The summed E-state index contributed by atoms with van der Waals surface area (Å²) in [6, 6.07) is 5.35. The second-order valence-corrected chi connectivity index (χ2v) is 3.56. The van der Waals surface area contributed by atoms with Gasteiger partial charge in [-0.2, -0.15) is 5.26 Å². The Morgan fingerprint density at radius 1 is 1.60 bits per heavy atom. The number of hydrogen-bond acceptors (Lipinski definition) is 3. The molecule has 78 valence electrons. The molecule has 0 aromatic heterocycles. The van der Waals surface area contributed by atoms with Crippen LogP contribution in [0.1, 0.15) is 5.56 Å². The second-order valence-electron chi connectivity index (χ2n) is 2.70. The summed E-state index contributed by atoms with van der Waals surface area (Å²) in [4.78, 5) is 0. The van der Waals surface area contributed by atoms with Crippen molar-refractivity contribution < 1.29 is 9.47 Å². The molecule has 0 aliphatic heterocycles. The molecule has 0 radical (unpaired) electrons. The minimum atomic E-state index is 0.390. The van der Waals surface area contributed by atoms with Crippen LogP contribution in [0.2, 0.25) is 0 Å². The van der Waals surface area contributed by atoms with Crippen LogP contribution >= 0.6 is 15.9 Å². The molecule has 0 N–H and O–H groups in total. The van der Waals surface area contributed by atoms with E-state index in [9.17, 15) is 0 Å². The van der Waals surface area contributed by atoms with Gasteiger partial charge in [0, 0.05) is 6.07 Å². The van der Waals surface area contributed by atoms with Gasteiger partial charge in [0.2, 0.25) is 0 Å². The van der Waals surface area contributed by atoms with Gasteiger partial charge in [0.15, 0.2) is 11.5 Å². The van der Waals surface area contributed by atoms with E-state index in [1.165, 1.54) is 7.11 Å². The monoisotopic (exact) mass is 267 g/mol. The van der Waals surface area contributed by atoms with Gasteiger partial charge >= 0.3 is 0 Å². The zero-order chi connectivity index (χ0) is 11.3. The highest BCUT2D eigenvalue weighted by molar-refractivity contribution is 9.10. The third kappa shape index (κ3) is 2.74. The fraction of sp³-hybridized carbons (Fsp3) is 0.182. The summed E-state index contributed by atoms with van der Waals surface area (Å²) in [5, 5.41) is 8.77. The van der Waals surface area contributed by atoms with E-state index in [2.05, 4.69) is 22.5 Å². The molecule has 0 aliphatic carbocycles. The van der Waals surface area contributed by atoms with E-state index in [1.807, 2.05) is 6.07 Å². The van der Waals surface area contributed by atoms with E-state index in [0.717, 1.165) is 0 Å². The summed E-state index contributed by atoms with van der Waals surface area (Å²) in [6.07, 6.45) is 1.64. The van der Waals surface area contributed by atoms with Crippen molar-refractivity contribution in [3.8, 4) is 17.6 Å². The molecule has 0 aliphatic rings. The van der Waals surface area contributed by atoms with Crippen LogP contribution in [0, 0.1) is 11.3 Å². The first-order chi connectivity index (χ1) is 7.22. The van der Waals surface area contributed by atoms with Gasteiger partial charge in [-0.3, -0.25) is 0 Å². The maximum absolute atomic E-state index is 8.77. The lowest BCUT2D eigenvalue weighted by atomic mass is 10.2. The number of hydrogen-bond donors (Lipinski definition) is 0. The highest BCUT2D eigenvalue weighted by Crippen LogP contribution is 2.36. The van der Waals surface area contributed by atoms with Crippen molar-refractivity contribution in [1.82, 2.24) is 0 Å². The molecule has 3 nitrogen and oxygen atoms in total. The van der Waals surface area contributed by atoms with Crippen LogP contribution in [0.4, 0.5) is 0 Å². The Morgan fingerprint density at radius 3 is 2.87 bits per heavy atom. The molecule has 0 spiro atoms. The van der Waals surface area contributed by atoms with Gasteiger partial charge in [-0.05, 0) is 22.0 Å². The van der Waals surface area contributed by atoms with Gasteiger partial charge in [0.25, 0.3) is 0 Å². The van der Waals surface area contributed by atoms with Gasteiger partial charge in [-0.15, -0.1) is 0 Å². The zero-order valence-corrected chi connectivity index (χ0v) is 9.87. The first-order valence-electron chi connectivity index (χ1n) is 4.24. The molecule has 0 amide bonds. The molecule has 1 aromatic carbocycles. The highest BCUT2D eigenvalue weighted by atomic mass is 79.9. The van der Waals surface area contributed by atoms with E-state index in [4.69, 9.17) is 14.7 Å². The van der Waals surface area contributed by atoms with Crippen molar-refractivity contribution in [2.45, 2.75) is 0 Å². The number of rotatable bonds is 4. The summed E-state index contributed by atoms with van der Waals surface area (Å²) in [6.45, 7) is 3.95. The van der Waals surface area contributed by atoms with Crippen LogP contribution in [0.5, 0.6) is 11.5 Å². The SMILES string of the molecule is C=CCOc1c(Br)cc(C#N)cc1OC. The van der Waals surface area contributed by atoms with Crippen LogP contribution in [0.25, 0.3) is 0 Å². The first-order valence-corrected chi connectivity index (χ1v) is 5.03. The molecule has 0 saturated carbocycles. The first kappa shape index (κ1) is 11.6. The Balaban J connectivity index is 3.13. The molecular formula is C11H10BrNO2. The summed E-state index contributed by atoms with van der Waals surface area (Å²) >= 11 is 3.32. The minimum Gasteiger partial charge on any atom is -0.493 e. The number of nitriles is 1. The quantitative estimate of drug-likeness (QED) is 0.788. The molecule has 1 rings (SSSR count). The molecule has 0 saturated heterocycles. The largest absolute Gasteiger partial charge is 0.493 e. The lowest BCUT2D eigenvalue weighted by Gasteiger charge is -2.11. The zero-order valence-electron chi connectivity index (χ0n) is 8.29. The molecule has 0 unspecified atom stereocenters. The normalized spacial score (nSPS) is 9.13. The van der Waals surface area contributed by atoms with E-state index < -0.39 is 0 Å². The minimum absolute atomic E-state index is 0.390. The summed E-state index contributed by atoms with van der Waals surface area (Å²) < 4.78 is 11.2. The van der Waals surface area contributed by atoms with E-state index in [0.29, 0.717) is 28.1 Å². The predicted octanol–water partition coefficient (Wildman–Crippen LogP) is 2.89. The molecule has 0 fully saturated rings. The molecule has 0 heterocycles. The van der Waals surface area contributed by atoms with E-state index >= 15 is 0 Å². The van der Waals surface area contributed by atoms with Crippen LogP contribution in [-0.4, -0.2) is 13.7 Å². The maximum atomic E-state index is 8.77. The average Bonchev–Trinajstić information content (AvgIpc) is 2.26. The Hall–Kier alpha value is -1.47. The second kappa shape index (κ2) is 5.42. The number of halogens is 1. The van der Waals surface area contributed by atoms with Crippen molar-refractivity contribution >= 4 is 15.9 Å². The van der Waals surface area contributed by atoms with E-state index in [-0.39, 0.29) is 0 Å². The van der Waals surface area contributed by atoms with Crippen LogP contribution < -0.4 is 9.47 Å². The molecule has 0 bridgehead atoms. The molecule has 4 heteroatoms. The molecule has 1 aromatic rings. The Morgan fingerprint density at radius 2 is 2.33 bits per heavy atom. The third-order valence-corrected chi connectivity index (χ3v) is 2.29. The molecule has 15 heavy (non-hydrogen) atoms. The van der Waals surface area contributed by atoms with Gasteiger partial charge in [-0.1, -0.05) is 12.7 Å². The number of nitrogens with zero attached hydrogens (tertiary/aromatic N) is 1. The Kier molecular flexibility index (Phi) is 4.19. The lowest BCUT2D eigenvalue weighted by molar-refractivity contribution is 0.324. The summed E-state index contributed by atoms with van der Waals surface area (Å²) in [7, 11) is 1.53. The highest BCUT2D eigenvalue weighted by Gasteiger charge is 2.10. The smallest absolute Gasteiger partial charge is 0.175 e. The number of ether oxygens (including phenoxy) is 2. The van der Waals surface area contributed by atoms with Crippen molar-refractivity contribution in [3.63, 3.8) is 0 Å². The molecular weight excluding hydrogens is 258 g/mol. The number of benzene rings is 1. The maximum Gasteiger partial charge on any atom is 0.175 e. The van der Waals surface area contributed by atoms with Crippen LogP contribution in [-0.2, 0) is 0 Å². The van der Waals surface area contributed by atoms with Gasteiger partial charge in [0.05, 0.1) is 23.2 Å². The predicted molar refractivity (Wildman–Crippen MR) is 61.1 cm³/mol. The Labute approximate surface area is 97.1 Å². The van der Waals surface area contributed by atoms with Crippen LogP contribution in [0.3, 0.4) is 0 Å².